The topological polar surface area (TPSA) is 52.6 Å². The SMILES string of the molecule is CCOC(=O)C[C@H]1C(=O)O[C@H]2CCCC[C@H]21. The van der Waals surface area contributed by atoms with E-state index in [1.165, 1.54) is 0 Å². The summed E-state index contributed by atoms with van der Waals surface area (Å²) in [7, 11) is 0. The molecule has 0 radical (unpaired) electrons. The predicted molar refractivity (Wildman–Crippen MR) is 56.6 cm³/mol. The van der Waals surface area contributed by atoms with Crippen LogP contribution >= 0.6 is 0 Å². The van der Waals surface area contributed by atoms with E-state index in [-0.39, 0.29) is 36.3 Å². The summed E-state index contributed by atoms with van der Waals surface area (Å²) in [4.78, 5) is 23.0. The number of hydrogen-bond acceptors (Lipinski definition) is 4. The van der Waals surface area contributed by atoms with Gasteiger partial charge in [0.1, 0.15) is 6.10 Å². The summed E-state index contributed by atoms with van der Waals surface area (Å²) < 4.78 is 10.2. The highest BCUT2D eigenvalue weighted by Crippen LogP contribution is 2.40. The molecule has 4 nitrogen and oxygen atoms in total. The average molecular weight is 226 g/mol. The summed E-state index contributed by atoms with van der Waals surface area (Å²) in [6.45, 7) is 2.14. The molecule has 1 saturated heterocycles. The Hall–Kier alpha value is -1.06. The first-order chi connectivity index (χ1) is 7.72. The summed E-state index contributed by atoms with van der Waals surface area (Å²) in [5, 5.41) is 0. The van der Waals surface area contributed by atoms with Crippen LogP contribution in [-0.4, -0.2) is 24.6 Å². The summed E-state index contributed by atoms with van der Waals surface area (Å²) in [5.41, 5.74) is 0. The van der Waals surface area contributed by atoms with Crippen molar-refractivity contribution >= 4 is 11.9 Å². The number of esters is 2. The maximum absolute atomic E-state index is 11.7. The lowest BCUT2D eigenvalue weighted by Crippen LogP contribution is -2.26. The van der Waals surface area contributed by atoms with Crippen LogP contribution in [0.4, 0.5) is 0 Å². The van der Waals surface area contributed by atoms with Crippen molar-refractivity contribution in [2.75, 3.05) is 6.61 Å². The highest BCUT2D eigenvalue weighted by Gasteiger charge is 2.46. The molecule has 1 saturated carbocycles. The zero-order chi connectivity index (χ0) is 11.5. The second-order valence-corrected chi connectivity index (χ2v) is 4.54. The first kappa shape index (κ1) is 11.4. The Bertz CT molecular complexity index is 287. The van der Waals surface area contributed by atoms with Gasteiger partial charge in [0, 0.05) is 5.92 Å². The standard InChI is InChI=1S/C12H18O4/c1-2-15-11(13)7-9-8-5-3-4-6-10(8)16-12(9)14/h8-10H,2-7H2,1H3/t8-,9+,10-/m0/s1. The summed E-state index contributed by atoms with van der Waals surface area (Å²) in [6.07, 6.45) is 4.46. The van der Waals surface area contributed by atoms with Gasteiger partial charge in [0.25, 0.3) is 0 Å². The number of carbonyl (C=O) groups excluding carboxylic acids is 2. The number of rotatable bonds is 3. The van der Waals surface area contributed by atoms with E-state index in [0.717, 1.165) is 25.7 Å². The van der Waals surface area contributed by atoms with E-state index in [1.54, 1.807) is 6.92 Å². The highest BCUT2D eigenvalue weighted by molar-refractivity contribution is 5.81. The number of hydrogen-bond donors (Lipinski definition) is 0. The maximum atomic E-state index is 11.7. The van der Waals surface area contributed by atoms with Crippen LogP contribution < -0.4 is 0 Å². The Morgan fingerprint density at radius 3 is 2.94 bits per heavy atom. The molecule has 2 fully saturated rings. The molecule has 0 N–H and O–H groups in total. The highest BCUT2D eigenvalue weighted by atomic mass is 16.6. The van der Waals surface area contributed by atoms with Gasteiger partial charge in [0.2, 0.25) is 0 Å². The molecule has 0 bridgehead atoms. The quantitative estimate of drug-likeness (QED) is 0.687. The fourth-order valence-electron chi connectivity index (χ4n) is 2.78. The third-order valence-corrected chi connectivity index (χ3v) is 3.53. The molecule has 0 amide bonds. The zero-order valence-corrected chi connectivity index (χ0v) is 9.61. The Morgan fingerprint density at radius 2 is 2.19 bits per heavy atom. The minimum absolute atomic E-state index is 0.0562. The van der Waals surface area contributed by atoms with E-state index < -0.39 is 0 Å². The Labute approximate surface area is 95.3 Å². The van der Waals surface area contributed by atoms with E-state index >= 15 is 0 Å². The monoisotopic (exact) mass is 226 g/mol. The minimum Gasteiger partial charge on any atom is -0.466 e. The van der Waals surface area contributed by atoms with E-state index in [1.807, 2.05) is 0 Å². The van der Waals surface area contributed by atoms with E-state index in [4.69, 9.17) is 9.47 Å². The van der Waals surface area contributed by atoms with Crippen molar-refractivity contribution in [1.29, 1.82) is 0 Å². The Morgan fingerprint density at radius 1 is 1.44 bits per heavy atom. The smallest absolute Gasteiger partial charge is 0.310 e. The van der Waals surface area contributed by atoms with Gasteiger partial charge in [-0.2, -0.15) is 0 Å². The van der Waals surface area contributed by atoms with Crippen molar-refractivity contribution in [3.05, 3.63) is 0 Å². The van der Waals surface area contributed by atoms with Crippen molar-refractivity contribution in [2.45, 2.75) is 45.1 Å². The number of carbonyl (C=O) groups is 2. The molecule has 16 heavy (non-hydrogen) atoms. The van der Waals surface area contributed by atoms with Gasteiger partial charge in [-0.15, -0.1) is 0 Å². The maximum Gasteiger partial charge on any atom is 0.310 e. The third kappa shape index (κ3) is 2.20. The number of ether oxygens (including phenoxy) is 2. The first-order valence-corrected chi connectivity index (χ1v) is 6.08. The molecule has 3 atom stereocenters. The fourth-order valence-corrected chi connectivity index (χ4v) is 2.78. The lowest BCUT2D eigenvalue weighted by atomic mass is 9.79. The molecule has 0 aromatic heterocycles. The summed E-state index contributed by atoms with van der Waals surface area (Å²) in [5.74, 6) is -0.504. The van der Waals surface area contributed by atoms with Gasteiger partial charge >= 0.3 is 11.9 Å². The molecule has 1 aliphatic heterocycles. The predicted octanol–water partition coefficient (Wildman–Crippen LogP) is 1.67. The van der Waals surface area contributed by atoms with E-state index in [9.17, 15) is 9.59 Å². The van der Waals surface area contributed by atoms with E-state index in [2.05, 4.69) is 0 Å². The van der Waals surface area contributed by atoms with Gasteiger partial charge < -0.3 is 9.47 Å². The first-order valence-electron chi connectivity index (χ1n) is 6.08. The molecular weight excluding hydrogens is 208 g/mol. The number of fused-ring (bicyclic) bond motifs is 1. The molecule has 1 aliphatic carbocycles. The minimum atomic E-state index is -0.282. The molecule has 90 valence electrons. The van der Waals surface area contributed by atoms with Crippen molar-refractivity contribution in [1.82, 2.24) is 0 Å². The van der Waals surface area contributed by atoms with Crippen LogP contribution in [0.2, 0.25) is 0 Å². The fraction of sp³-hybridized carbons (Fsp3) is 0.833. The van der Waals surface area contributed by atoms with Gasteiger partial charge in [-0.05, 0) is 26.2 Å². The Balaban J connectivity index is 1.97. The third-order valence-electron chi connectivity index (χ3n) is 3.53. The Kier molecular flexibility index (Phi) is 3.46. The van der Waals surface area contributed by atoms with Gasteiger partial charge in [-0.25, -0.2) is 0 Å². The van der Waals surface area contributed by atoms with Gasteiger partial charge in [0.05, 0.1) is 18.9 Å². The van der Waals surface area contributed by atoms with Gasteiger partial charge in [-0.3, -0.25) is 9.59 Å². The second kappa shape index (κ2) is 4.85. The normalized spacial score (nSPS) is 33.1. The van der Waals surface area contributed by atoms with Crippen LogP contribution in [0.3, 0.4) is 0 Å². The molecule has 0 unspecified atom stereocenters. The lowest BCUT2D eigenvalue weighted by Gasteiger charge is -2.24. The zero-order valence-electron chi connectivity index (χ0n) is 9.61. The van der Waals surface area contributed by atoms with Crippen LogP contribution in [-0.2, 0) is 19.1 Å². The molecule has 0 aromatic carbocycles. The lowest BCUT2D eigenvalue weighted by molar-refractivity contribution is -0.151. The van der Waals surface area contributed by atoms with Crippen LogP contribution in [0, 0.1) is 11.8 Å². The van der Waals surface area contributed by atoms with Crippen LogP contribution in [0.5, 0.6) is 0 Å². The van der Waals surface area contributed by atoms with Crippen molar-refractivity contribution in [3.8, 4) is 0 Å². The van der Waals surface area contributed by atoms with Gasteiger partial charge in [-0.1, -0.05) is 6.42 Å². The van der Waals surface area contributed by atoms with Crippen molar-refractivity contribution in [2.24, 2.45) is 11.8 Å². The molecule has 4 heteroatoms. The largest absolute Gasteiger partial charge is 0.466 e. The van der Waals surface area contributed by atoms with Crippen LogP contribution in [0.15, 0.2) is 0 Å². The van der Waals surface area contributed by atoms with Crippen LogP contribution in [0.1, 0.15) is 39.0 Å². The van der Waals surface area contributed by atoms with Crippen molar-refractivity contribution < 1.29 is 19.1 Å². The molecular formula is C12H18O4. The van der Waals surface area contributed by atoms with Crippen LogP contribution in [0.25, 0.3) is 0 Å². The molecule has 0 aromatic rings. The summed E-state index contributed by atoms with van der Waals surface area (Å²) >= 11 is 0. The summed E-state index contributed by atoms with van der Waals surface area (Å²) in [6, 6.07) is 0. The molecule has 1 heterocycles. The molecule has 2 rings (SSSR count). The molecule has 2 aliphatic rings. The van der Waals surface area contributed by atoms with Gasteiger partial charge in [0.15, 0.2) is 0 Å². The molecule has 0 spiro atoms. The second-order valence-electron chi connectivity index (χ2n) is 4.54. The average Bonchev–Trinajstić information content (AvgIpc) is 2.56. The van der Waals surface area contributed by atoms with Crippen molar-refractivity contribution in [3.63, 3.8) is 0 Å². The van der Waals surface area contributed by atoms with E-state index in [0.29, 0.717) is 6.61 Å².